The van der Waals surface area contributed by atoms with Gasteiger partial charge in [-0.05, 0) is 31.1 Å². The van der Waals surface area contributed by atoms with E-state index in [-0.39, 0.29) is 0 Å². The molecule has 68 valence electrons. The van der Waals surface area contributed by atoms with Gasteiger partial charge in [-0.15, -0.1) is 0 Å². The molecule has 1 aliphatic carbocycles. The first kappa shape index (κ1) is 8.09. The average molecular weight is 167 g/mol. The summed E-state index contributed by atoms with van der Waals surface area (Å²) in [6.45, 7) is 4.23. The van der Waals surface area contributed by atoms with Crippen LogP contribution in [0.3, 0.4) is 0 Å². The molecule has 1 saturated carbocycles. The molecular weight excluding hydrogens is 150 g/mol. The predicted octanol–water partition coefficient (Wildman–Crippen LogP) is 1.65. The zero-order valence-electron chi connectivity index (χ0n) is 7.75. The van der Waals surface area contributed by atoms with Crippen LogP contribution >= 0.6 is 0 Å². The van der Waals surface area contributed by atoms with E-state index in [9.17, 15) is 4.79 Å². The number of hydrogen-bond donors (Lipinski definition) is 0. The van der Waals surface area contributed by atoms with E-state index in [0.29, 0.717) is 11.8 Å². The molecule has 2 nitrogen and oxygen atoms in total. The molecule has 0 aromatic rings. The van der Waals surface area contributed by atoms with Crippen LogP contribution in [0.2, 0.25) is 0 Å². The molecular formula is C10H17NO. The summed E-state index contributed by atoms with van der Waals surface area (Å²) < 4.78 is 0. The fourth-order valence-electron chi connectivity index (χ4n) is 1.84. The first-order valence-corrected chi connectivity index (χ1v) is 5.03. The Morgan fingerprint density at radius 1 is 1.42 bits per heavy atom. The molecule has 0 bridgehead atoms. The second kappa shape index (κ2) is 3.08. The van der Waals surface area contributed by atoms with E-state index in [1.165, 1.54) is 19.3 Å². The van der Waals surface area contributed by atoms with Gasteiger partial charge in [0.1, 0.15) is 0 Å². The third-order valence-corrected chi connectivity index (χ3v) is 2.94. The highest BCUT2D eigenvalue weighted by molar-refractivity contribution is 5.77. The summed E-state index contributed by atoms with van der Waals surface area (Å²) in [7, 11) is 0. The van der Waals surface area contributed by atoms with Gasteiger partial charge in [0, 0.05) is 19.5 Å². The Kier molecular flexibility index (Phi) is 2.07. The minimum Gasteiger partial charge on any atom is -0.342 e. The molecule has 2 fully saturated rings. The van der Waals surface area contributed by atoms with Gasteiger partial charge in [0.05, 0.1) is 0 Å². The predicted molar refractivity (Wildman–Crippen MR) is 47.7 cm³/mol. The molecule has 0 N–H and O–H groups in total. The van der Waals surface area contributed by atoms with Crippen molar-refractivity contribution in [2.75, 3.05) is 13.1 Å². The molecule has 2 heteroatoms. The Bertz CT molecular complexity index is 186. The number of carbonyl (C=O) groups excluding carboxylic acids is 1. The average Bonchev–Trinajstić information content (AvgIpc) is 2.79. The number of likely N-dealkylation sites (tertiary alicyclic amines) is 1. The van der Waals surface area contributed by atoms with Crippen molar-refractivity contribution in [2.24, 2.45) is 11.8 Å². The van der Waals surface area contributed by atoms with Gasteiger partial charge in [0.15, 0.2) is 0 Å². The lowest BCUT2D eigenvalue weighted by atomic mass is 9.98. The van der Waals surface area contributed by atoms with E-state index < -0.39 is 0 Å². The van der Waals surface area contributed by atoms with Crippen LogP contribution < -0.4 is 0 Å². The zero-order valence-corrected chi connectivity index (χ0v) is 7.75. The van der Waals surface area contributed by atoms with Gasteiger partial charge in [-0.3, -0.25) is 4.79 Å². The monoisotopic (exact) mass is 167 g/mol. The highest BCUT2D eigenvalue weighted by Crippen LogP contribution is 2.31. The molecule has 0 spiro atoms. The van der Waals surface area contributed by atoms with Crippen molar-refractivity contribution in [3.63, 3.8) is 0 Å². The number of nitrogens with zero attached hydrogens (tertiary/aromatic N) is 1. The Hall–Kier alpha value is -0.530. The third-order valence-electron chi connectivity index (χ3n) is 2.94. The van der Waals surface area contributed by atoms with Crippen LogP contribution in [0.4, 0.5) is 0 Å². The molecule has 2 rings (SSSR count). The lowest BCUT2D eigenvalue weighted by Crippen LogP contribution is -2.39. The van der Waals surface area contributed by atoms with Crippen LogP contribution in [0.1, 0.15) is 32.6 Å². The largest absolute Gasteiger partial charge is 0.342 e. The van der Waals surface area contributed by atoms with Gasteiger partial charge in [-0.1, -0.05) is 6.92 Å². The summed E-state index contributed by atoms with van der Waals surface area (Å²) in [5.41, 5.74) is 0. The van der Waals surface area contributed by atoms with Crippen molar-refractivity contribution in [3.05, 3.63) is 0 Å². The van der Waals surface area contributed by atoms with E-state index in [4.69, 9.17) is 0 Å². The van der Waals surface area contributed by atoms with Gasteiger partial charge in [0.2, 0.25) is 5.91 Å². The van der Waals surface area contributed by atoms with Gasteiger partial charge >= 0.3 is 0 Å². The summed E-state index contributed by atoms with van der Waals surface area (Å²) in [5.74, 6) is 1.86. The fraction of sp³-hybridized carbons (Fsp3) is 0.900. The van der Waals surface area contributed by atoms with Crippen LogP contribution in [0.15, 0.2) is 0 Å². The highest BCUT2D eigenvalue weighted by atomic mass is 16.2. The van der Waals surface area contributed by atoms with Gasteiger partial charge in [-0.25, -0.2) is 0 Å². The van der Waals surface area contributed by atoms with Gasteiger partial charge < -0.3 is 4.90 Å². The van der Waals surface area contributed by atoms with Crippen molar-refractivity contribution in [2.45, 2.75) is 32.6 Å². The smallest absolute Gasteiger partial charge is 0.222 e. The SMILES string of the molecule is CC1CCN(CC2CC2)C(=O)C1. The van der Waals surface area contributed by atoms with Crippen LogP contribution in [-0.4, -0.2) is 23.9 Å². The molecule has 1 aliphatic heterocycles. The summed E-state index contributed by atoms with van der Waals surface area (Å²) in [5, 5.41) is 0. The fourth-order valence-corrected chi connectivity index (χ4v) is 1.84. The lowest BCUT2D eigenvalue weighted by Gasteiger charge is -2.30. The van der Waals surface area contributed by atoms with Gasteiger partial charge in [-0.2, -0.15) is 0 Å². The zero-order chi connectivity index (χ0) is 8.55. The maximum atomic E-state index is 11.5. The molecule has 1 saturated heterocycles. The van der Waals surface area contributed by atoms with E-state index in [0.717, 1.165) is 25.4 Å². The first-order chi connectivity index (χ1) is 5.75. The van der Waals surface area contributed by atoms with Crippen molar-refractivity contribution >= 4 is 5.91 Å². The van der Waals surface area contributed by atoms with Crippen LogP contribution in [0.5, 0.6) is 0 Å². The Balaban J connectivity index is 1.84. The van der Waals surface area contributed by atoms with Crippen LogP contribution in [-0.2, 0) is 4.79 Å². The second-order valence-electron chi connectivity index (χ2n) is 4.38. The second-order valence-corrected chi connectivity index (χ2v) is 4.38. The van der Waals surface area contributed by atoms with Crippen molar-refractivity contribution < 1.29 is 4.79 Å². The highest BCUT2D eigenvalue weighted by Gasteiger charge is 2.29. The maximum absolute atomic E-state index is 11.5. The minimum atomic E-state index is 0.389. The molecule has 0 radical (unpaired) electrons. The van der Waals surface area contributed by atoms with Crippen molar-refractivity contribution in [3.8, 4) is 0 Å². The molecule has 1 amide bonds. The van der Waals surface area contributed by atoms with Crippen molar-refractivity contribution in [1.29, 1.82) is 0 Å². The van der Waals surface area contributed by atoms with E-state index in [1.807, 2.05) is 0 Å². The standard InChI is InChI=1S/C10H17NO/c1-8-4-5-11(10(12)6-8)7-9-2-3-9/h8-9H,2-7H2,1H3. The number of piperidine rings is 1. The van der Waals surface area contributed by atoms with E-state index in [1.54, 1.807) is 0 Å². The molecule has 0 aromatic carbocycles. The molecule has 1 heterocycles. The van der Waals surface area contributed by atoms with E-state index >= 15 is 0 Å². The Labute approximate surface area is 73.9 Å². The summed E-state index contributed by atoms with van der Waals surface area (Å²) in [6.07, 6.45) is 4.68. The number of rotatable bonds is 2. The molecule has 1 unspecified atom stereocenters. The quantitative estimate of drug-likeness (QED) is 0.612. The lowest BCUT2D eigenvalue weighted by molar-refractivity contribution is -0.135. The normalized spacial score (nSPS) is 30.9. The van der Waals surface area contributed by atoms with Crippen LogP contribution in [0, 0.1) is 11.8 Å². The summed E-state index contributed by atoms with van der Waals surface area (Å²) in [6, 6.07) is 0. The Morgan fingerprint density at radius 3 is 2.75 bits per heavy atom. The van der Waals surface area contributed by atoms with Crippen molar-refractivity contribution in [1.82, 2.24) is 4.90 Å². The van der Waals surface area contributed by atoms with E-state index in [2.05, 4.69) is 11.8 Å². The first-order valence-electron chi connectivity index (χ1n) is 5.03. The molecule has 0 aromatic heterocycles. The topological polar surface area (TPSA) is 20.3 Å². The summed E-state index contributed by atoms with van der Waals surface area (Å²) >= 11 is 0. The third kappa shape index (κ3) is 1.79. The Morgan fingerprint density at radius 2 is 2.17 bits per heavy atom. The number of carbonyl (C=O) groups is 1. The van der Waals surface area contributed by atoms with Gasteiger partial charge in [0.25, 0.3) is 0 Å². The molecule has 12 heavy (non-hydrogen) atoms. The molecule has 2 aliphatic rings. The summed E-state index contributed by atoms with van der Waals surface area (Å²) in [4.78, 5) is 13.6. The maximum Gasteiger partial charge on any atom is 0.222 e. The van der Waals surface area contributed by atoms with Crippen LogP contribution in [0.25, 0.3) is 0 Å². The number of hydrogen-bond acceptors (Lipinski definition) is 1. The number of amides is 1. The minimum absolute atomic E-state index is 0.389. The molecule has 1 atom stereocenters.